The number of halogens is 2. The van der Waals surface area contributed by atoms with E-state index in [1.54, 1.807) is 19.4 Å². The first-order valence-corrected chi connectivity index (χ1v) is 6.00. The molecule has 1 unspecified atom stereocenters. The molecule has 2 aromatic rings. The van der Waals surface area contributed by atoms with Crippen LogP contribution in [0.4, 0.5) is 8.78 Å². The fraction of sp³-hybridized carbons (Fsp3) is 0.286. The average molecular weight is 263 g/mol. The Labute approximate surface area is 110 Å². The number of likely N-dealkylation sites (N-methyl/N-ethyl adjacent to an activating group) is 1. The van der Waals surface area contributed by atoms with E-state index in [0.29, 0.717) is 17.8 Å². The van der Waals surface area contributed by atoms with E-state index in [1.165, 1.54) is 12.1 Å². The minimum absolute atomic E-state index is 0.208. The van der Waals surface area contributed by atoms with Gasteiger partial charge in [-0.05, 0) is 37.6 Å². The molecule has 3 nitrogen and oxygen atoms in total. The maximum absolute atomic E-state index is 13.6. The van der Waals surface area contributed by atoms with Gasteiger partial charge in [0.25, 0.3) is 0 Å². The molecular formula is C14H15F2N3. The van der Waals surface area contributed by atoms with Crippen molar-refractivity contribution in [2.75, 3.05) is 7.05 Å². The molecule has 0 saturated carbocycles. The van der Waals surface area contributed by atoms with Crippen molar-refractivity contribution in [3.63, 3.8) is 0 Å². The number of aromatic nitrogens is 2. The van der Waals surface area contributed by atoms with Crippen LogP contribution in [-0.4, -0.2) is 17.0 Å². The fourth-order valence-electron chi connectivity index (χ4n) is 1.81. The summed E-state index contributed by atoms with van der Waals surface area (Å²) in [5, 5.41) is 3.04. The topological polar surface area (TPSA) is 37.8 Å². The molecule has 0 amide bonds. The minimum Gasteiger partial charge on any atom is -0.310 e. The van der Waals surface area contributed by atoms with Gasteiger partial charge in [0.1, 0.15) is 17.5 Å². The lowest BCUT2D eigenvalue weighted by Gasteiger charge is -2.15. The van der Waals surface area contributed by atoms with Gasteiger partial charge >= 0.3 is 0 Å². The van der Waals surface area contributed by atoms with Crippen LogP contribution in [0.3, 0.4) is 0 Å². The minimum atomic E-state index is -0.575. The van der Waals surface area contributed by atoms with Gasteiger partial charge in [-0.2, -0.15) is 0 Å². The highest BCUT2D eigenvalue weighted by Crippen LogP contribution is 2.18. The number of aryl methyl sites for hydroxylation is 1. The van der Waals surface area contributed by atoms with Crippen LogP contribution in [0.1, 0.15) is 23.0 Å². The van der Waals surface area contributed by atoms with E-state index in [2.05, 4.69) is 15.3 Å². The normalized spacial score (nSPS) is 12.4. The molecule has 0 saturated heterocycles. The SMILES string of the molecule is CNC(Cc1ccc(F)cc1F)c1ncc(C)cn1. The van der Waals surface area contributed by atoms with Gasteiger partial charge in [-0.1, -0.05) is 6.07 Å². The molecule has 0 aliphatic carbocycles. The predicted octanol–water partition coefficient (Wildman–Crippen LogP) is 2.57. The van der Waals surface area contributed by atoms with Crippen LogP contribution in [0.15, 0.2) is 30.6 Å². The van der Waals surface area contributed by atoms with E-state index in [0.717, 1.165) is 11.6 Å². The Kier molecular flexibility index (Phi) is 4.16. The highest BCUT2D eigenvalue weighted by Gasteiger charge is 2.15. The second-order valence-electron chi connectivity index (χ2n) is 4.40. The highest BCUT2D eigenvalue weighted by atomic mass is 19.1. The Bertz CT molecular complexity index is 555. The zero-order valence-electron chi connectivity index (χ0n) is 10.8. The molecule has 19 heavy (non-hydrogen) atoms. The number of benzene rings is 1. The monoisotopic (exact) mass is 263 g/mol. The Morgan fingerprint density at radius 1 is 1.21 bits per heavy atom. The summed E-state index contributed by atoms with van der Waals surface area (Å²) in [6.07, 6.45) is 3.80. The predicted molar refractivity (Wildman–Crippen MR) is 68.6 cm³/mol. The van der Waals surface area contributed by atoms with Crippen molar-refractivity contribution in [3.8, 4) is 0 Å². The van der Waals surface area contributed by atoms with Gasteiger partial charge in [0.2, 0.25) is 0 Å². The molecule has 1 N–H and O–H groups in total. The summed E-state index contributed by atoms with van der Waals surface area (Å²) in [7, 11) is 1.76. The Morgan fingerprint density at radius 3 is 2.47 bits per heavy atom. The Balaban J connectivity index is 2.21. The summed E-state index contributed by atoms with van der Waals surface area (Å²) in [5.41, 5.74) is 1.40. The zero-order chi connectivity index (χ0) is 13.8. The van der Waals surface area contributed by atoms with Crippen molar-refractivity contribution < 1.29 is 8.78 Å². The molecule has 0 bridgehead atoms. The van der Waals surface area contributed by atoms with E-state index in [9.17, 15) is 8.78 Å². The smallest absolute Gasteiger partial charge is 0.145 e. The van der Waals surface area contributed by atoms with E-state index in [1.807, 2.05) is 6.92 Å². The largest absolute Gasteiger partial charge is 0.310 e. The molecule has 0 fully saturated rings. The van der Waals surface area contributed by atoms with Crippen molar-refractivity contribution in [3.05, 3.63) is 59.2 Å². The van der Waals surface area contributed by atoms with Crippen LogP contribution in [0, 0.1) is 18.6 Å². The molecule has 1 aromatic heterocycles. The second-order valence-corrected chi connectivity index (χ2v) is 4.40. The molecule has 5 heteroatoms. The number of nitrogens with one attached hydrogen (secondary N) is 1. The van der Waals surface area contributed by atoms with E-state index in [-0.39, 0.29) is 6.04 Å². The molecule has 0 aliphatic rings. The molecule has 1 atom stereocenters. The molecule has 0 radical (unpaired) electrons. The van der Waals surface area contributed by atoms with Crippen LogP contribution in [0.5, 0.6) is 0 Å². The summed E-state index contributed by atoms with van der Waals surface area (Å²) >= 11 is 0. The van der Waals surface area contributed by atoms with E-state index >= 15 is 0 Å². The third kappa shape index (κ3) is 3.32. The first-order valence-electron chi connectivity index (χ1n) is 6.00. The Hall–Kier alpha value is -1.88. The van der Waals surface area contributed by atoms with E-state index in [4.69, 9.17) is 0 Å². The number of rotatable bonds is 4. The third-order valence-corrected chi connectivity index (χ3v) is 2.90. The maximum Gasteiger partial charge on any atom is 0.145 e. The third-order valence-electron chi connectivity index (χ3n) is 2.90. The number of hydrogen-bond acceptors (Lipinski definition) is 3. The molecule has 0 spiro atoms. The summed E-state index contributed by atoms with van der Waals surface area (Å²) in [4.78, 5) is 8.45. The zero-order valence-corrected chi connectivity index (χ0v) is 10.8. The molecule has 1 heterocycles. The van der Waals surface area contributed by atoms with Gasteiger partial charge < -0.3 is 5.32 Å². The van der Waals surface area contributed by atoms with Crippen molar-refractivity contribution in [1.29, 1.82) is 0 Å². The van der Waals surface area contributed by atoms with Crippen LogP contribution >= 0.6 is 0 Å². The highest BCUT2D eigenvalue weighted by molar-refractivity contribution is 5.21. The van der Waals surface area contributed by atoms with Gasteiger partial charge in [0.05, 0.1) is 6.04 Å². The van der Waals surface area contributed by atoms with Crippen molar-refractivity contribution in [1.82, 2.24) is 15.3 Å². The summed E-state index contributed by atoms with van der Waals surface area (Å²) in [6.45, 7) is 1.90. The van der Waals surface area contributed by atoms with Gasteiger partial charge in [-0.15, -0.1) is 0 Å². The fourth-order valence-corrected chi connectivity index (χ4v) is 1.81. The van der Waals surface area contributed by atoms with Crippen LogP contribution in [0.2, 0.25) is 0 Å². The van der Waals surface area contributed by atoms with Gasteiger partial charge in [0, 0.05) is 18.5 Å². The van der Waals surface area contributed by atoms with Crippen molar-refractivity contribution in [2.24, 2.45) is 0 Å². The lowest BCUT2D eigenvalue weighted by atomic mass is 10.0. The van der Waals surface area contributed by atoms with Crippen LogP contribution < -0.4 is 5.32 Å². The van der Waals surface area contributed by atoms with Gasteiger partial charge in [0.15, 0.2) is 0 Å². The standard InChI is InChI=1S/C14H15F2N3/c1-9-7-18-14(19-8-9)13(17-2)5-10-3-4-11(15)6-12(10)16/h3-4,6-8,13,17H,5H2,1-2H3. The van der Waals surface area contributed by atoms with Crippen molar-refractivity contribution >= 4 is 0 Å². The summed E-state index contributed by atoms with van der Waals surface area (Å²) < 4.78 is 26.5. The summed E-state index contributed by atoms with van der Waals surface area (Å²) in [6, 6.07) is 3.38. The number of nitrogens with zero attached hydrogens (tertiary/aromatic N) is 2. The molecular weight excluding hydrogens is 248 g/mol. The molecule has 1 aromatic carbocycles. The molecule has 2 rings (SSSR count). The Morgan fingerprint density at radius 2 is 1.89 bits per heavy atom. The summed E-state index contributed by atoms with van der Waals surface area (Å²) in [5.74, 6) is -0.530. The second kappa shape index (κ2) is 5.84. The van der Waals surface area contributed by atoms with Gasteiger partial charge in [-0.25, -0.2) is 18.7 Å². The first-order chi connectivity index (χ1) is 9.10. The average Bonchev–Trinajstić information content (AvgIpc) is 2.39. The lowest BCUT2D eigenvalue weighted by molar-refractivity contribution is 0.524. The maximum atomic E-state index is 13.6. The first kappa shape index (κ1) is 13.5. The van der Waals surface area contributed by atoms with Crippen LogP contribution in [-0.2, 0) is 6.42 Å². The quantitative estimate of drug-likeness (QED) is 0.921. The molecule has 0 aliphatic heterocycles. The molecule has 100 valence electrons. The number of hydrogen-bond donors (Lipinski definition) is 1. The van der Waals surface area contributed by atoms with E-state index < -0.39 is 11.6 Å². The lowest BCUT2D eigenvalue weighted by Crippen LogP contribution is -2.21. The van der Waals surface area contributed by atoms with Gasteiger partial charge in [-0.3, -0.25) is 0 Å². The van der Waals surface area contributed by atoms with Crippen molar-refractivity contribution in [2.45, 2.75) is 19.4 Å². The van der Waals surface area contributed by atoms with Crippen LogP contribution in [0.25, 0.3) is 0 Å².